The third-order valence-corrected chi connectivity index (χ3v) is 6.86. The minimum atomic E-state index is -4.44. The maximum absolute atomic E-state index is 13.3. The third-order valence-electron chi connectivity index (χ3n) is 5.24. The van der Waals surface area contributed by atoms with E-state index in [0.29, 0.717) is 16.9 Å². The van der Waals surface area contributed by atoms with Crippen molar-refractivity contribution < 1.29 is 22.8 Å². The Balaban J connectivity index is 1.78. The lowest BCUT2D eigenvalue weighted by atomic mass is 10.0. The Labute approximate surface area is 184 Å². The predicted octanol–water partition coefficient (Wildman–Crippen LogP) is 4.87. The molecule has 0 aromatic heterocycles. The standard InChI is InChI=1S/C23H25F3N2O2S/c1-14(2)22-28(21(30)18-10-5-4-7-15(18)3)19(13-31-22)20(29)27-12-16-8-6-9-17(11-16)23(24,25)26/h4-11,14,19,22H,12-13H2,1-3H3,(H,27,29). The van der Waals surface area contributed by atoms with Gasteiger partial charge in [0.05, 0.1) is 10.9 Å². The van der Waals surface area contributed by atoms with Crippen LogP contribution in [-0.4, -0.2) is 33.9 Å². The molecule has 1 aliphatic rings. The Bertz CT molecular complexity index is 962. The normalized spacial score (nSPS) is 19.0. The first-order valence-electron chi connectivity index (χ1n) is 10.0. The Hall–Kier alpha value is -2.48. The zero-order valence-corrected chi connectivity index (χ0v) is 18.4. The minimum Gasteiger partial charge on any atom is -0.350 e. The third kappa shape index (κ3) is 5.23. The molecule has 0 saturated carbocycles. The van der Waals surface area contributed by atoms with Gasteiger partial charge < -0.3 is 10.2 Å². The van der Waals surface area contributed by atoms with E-state index in [1.807, 2.05) is 32.9 Å². The Kier molecular flexibility index (Phi) is 6.99. The molecule has 0 radical (unpaired) electrons. The fourth-order valence-electron chi connectivity index (χ4n) is 3.62. The summed E-state index contributed by atoms with van der Waals surface area (Å²) in [6, 6.07) is 11.4. The monoisotopic (exact) mass is 450 g/mol. The second-order valence-electron chi connectivity index (χ2n) is 7.93. The first-order chi connectivity index (χ1) is 14.6. The fourth-order valence-corrected chi connectivity index (χ4v) is 5.10. The second-order valence-corrected chi connectivity index (χ2v) is 9.08. The van der Waals surface area contributed by atoms with Crippen molar-refractivity contribution in [3.8, 4) is 0 Å². The van der Waals surface area contributed by atoms with Gasteiger partial charge in [-0.2, -0.15) is 13.2 Å². The molecule has 0 spiro atoms. The molecule has 166 valence electrons. The molecule has 3 rings (SSSR count). The van der Waals surface area contributed by atoms with Crippen molar-refractivity contribution in [2.75, 3.05) is 5.75 Å². The molecule has 1 aliphatic heterocycles. The highest BCUT2D eigenvalue weighted by Crippen LogP contribution is 2.36. The minimum absolute atomic E-state index is 0.0390. The van der Waals surface area contributed by atoms with Gasteiger partial charge in [0.1, 0.15) is 6.04 Å². The summed E-state index contributed by atoms with van der Waals surface area (Å²) in [5.41, 5.74) is 0.972. The van der Waals surface area contributed by atoms with Crippen LogP contribution >= 0.6 is 11.8 Å². The maximum Gasteiger partial charge on any atom is 0.416 e. The van der Waals surface area contributed by atoms with Gasteiger partial charge in [0.25, 0.3) is 5.91 Å². The number of carbonyl (C=O) groups is 2. The molecule has 0 bridgehead atoms. The van der Waals surface area contributed by atoms with E-state index in [4.69, 9.17) is 0 Å². The summed E-state index contributed by atoms with van der Waals surface area (Å²) in [5, 5.41) is 2.56. The topological polar surface area (TPSA) is 49.4 Å². The Morgan fingerprint density at radius 1 is 1.16 bits per heavy atom. The van der Waals surface area contributed by atoms with Gasteiger partial charge in [-0.3, -0.25) is 9.59 Å². The van der Waals surface area contributed by atoms with Crippen LogP contribution in [0.5, 0.6) is 0 Å². The van der Waals surface area contributed by atoms with Crippen molar-refractivity contribution in [3.05, 3.63) is 70.8 Å². The summed E-state index contributed by atoms with van der Waals surface area (Å²) in [6.07, 6.45) is -4.44. The molecule has 0 aliphatic carbocycles. The quantitative estimate of drug-likeness (QED) is 0.707. The first-order valence-corrected chi connectivity index (χ1v) is 11.1. The highest BCUT2D eigenvalue weighted by Gasteiger charge is 2.43. The molecule has 2 atom stereocenters. The molecule has 8 heteroatoms. The van der Waals surface area contributed by atoms with Crippen LogP contribution in [-0.2, 0) is 17.5 Å². The van der Waals surface area contributed by atoms with E-state index < -0.39 is 17.8 Å². The fraction of sp³-hybridized carbons (Fsp3) is 0.391. The average molecular weight is 451 g/mol. The summed E-state index contributed by atoms with van der Waals surface area (Å²) in [6.45, 7) is 5.81. The molecule has 2 amide bonds. The number of alkyl halides is 3. The van der Waals surface area contributed by atoms with E-state index in [0.717, 1.165) is 17.7 Å². The number of nitrogens with one attached hydrogen (secondary N) is 1. The smallest absolute Gasteiger partial charge is 0.350 e. The predicted molar refractivity (Wildman–Crippen MR) is 116 cm³/mol. The van der Waals surface area contributed by atoms with Gasteiger partial charge in [0.15, 0.2) is 0 Å². The molecule has 1 saturated heterocycles. The van der Waals surface area contributed by atoms with E-state index in [1.165, 1.54) is 12.1 Å². The lowest BCUT2D eigenvalue weighted by Crippen LogP contribution is -2.50. The van der Waals surface area contributed by atoms with Crippen LogP contribution in [0.15, 0.2) is 48.5 Å². The van der Waals surface area contributed by atoms with E-state index in [9.17, 15) is 22.8 Å². The molecule has 1 fully saturated rings. The van der Waals surface area contributed by atoms with Crippen LogP contribution in [0.1, 0.15) is 40.9 Å². The average Bonchev–Trinajstić information content (AvgIpc) is 3.17. The van der Waals surface area contributed by atoms with Crippen molar-refractivity contribution in [1.29, 1.82) is 0 Å². The van der Waals surface area contributed by atoms with Gasteiger partial charge in [-0.05, 0) is 42.2 Å². The Morgan fingerprint density at radius 2 is 1.87 bits per heavy atom. The van der Waals surface area contributed by atoms with Crippen molar-refractivity contribution in [3.63, 3.8) is 0 Å². The number of hydrogen-bond acceptors (Lipinski definition) is 3. The second kappa shape index (κ2) is 9.34. The highest BCUT2D eigenvalue weighted by molar-refractivity contribution is 8.00. The molecule has 1 heterocycles. The zero-order valence-electron chi connectivity index (χ0n) is 17.6. The van der Waals surface area contributed by atoms with Crippen LogP contribution in [0.25, 0.3) is 0 Å². The lowest BCUT2D eigenvalue weighted by molar-refractivity contribution is -0.137. The number of hydrogen-bond donors (Lipinski definition) is 1. The summed E-state index contributed by atoms with van der Waals surface area (Å²) < 4.78 is 38.8. The molecule has 1 N–H and O–H groups in total. The number of thioether (sulfide) groups is 1. The number of rotatable bonds is 5. The number of amides is 2. The molecule has 2 aromatic rings. The van der Waals surface area contributed by atoms with Crippen LogP contribution in [0.3, 0.4) is 0 Å². The Morgan fingerprint density at radius 3 is 2.52 bits per heavy atom. The largest absolute Gasteiger partial charge is 0.416 e. The molecule has 4 nitrogen and oxygen atoms in total. The van der Waals surface area contributed by atoms with E-state index >= 15 is 0 Å². The number of aryl methyl sites for hydroxylation is 1. The van der Waals surface area contributed by atoms with E-state index in [1.54, 1.807) is 28.8 Å². The van der Waals surface area contributed by atoms with Gasteiger partial charge in [0, 0.05) is 17.9 Å². The molecule has 2 unspecified atom stereocenters. The van der Waals surface area contributed by atoms with Gasteiger partial charge in [-0.1, -0.05) is 44.2 Å². The van der Waals surface area contributed by atoms with Crippen LogP contribution in [0.4, 0.5) is 13.2 Å². The highest BCUT2D eigenvalue weighted by atomic mass is 32.2. The summed E-state index contributed by atoms with van der Waals surface area (Å²) in [4.78, 5) is 27.9. The van der Waals surface area contributed by atoms with Crippen molar-refractivity contribution in [2.24, 2.45) is 5.92 Å². The van der Waals surface area contributed by atoms with E-state index in [-0.39, 0.29) is 29.7 Å². The molecule has 31 heavy (non-hydrogen) atoms. The van der Waals surface area contributed by atoms with Crippen LogP contribution < -0.4 is 5.32 Å². The van der Waals surface area contributed by atoms with Crippen LogP contribution in [0, 0.1) is 12.8 Å². The number of nitrogens with zero attached hydrogens (tertiary/aromatic N) is 1. The van der Waals surface area contributed by atoms with Crippen molar-refractivity contribution in [2.45, 2.75) is 44.9 Å². The van der Waals surface area contributed by atoms with Gasteiger partial charge in [0.2, 0.25) is 5.91 Å². The first kappa shape index (κ1) is 23.2. The summed E-state index contributed by atoms with van der Waals surface area (Å²) in [5.74, 6) is 0.00442. The van der Waals surface area contributed by atoms with Crippen molar-refractivity contribution in [1.82, 2.24) is 10.2 Å². The molecule has 2 aromatic carbocycles. The summed E-state index contributed by atoms with van der Waals surface area (Å²) in [7, 11) is 0. The maximum atomic E-state index is 13.3. The number of halogens is 3. The number of carbonyl (C=O) groups excluding carboxylic acids is 2. The number of benzene rings is 2. The lowest BCUT2D eigenvalue weighted by Gasteiger charge is -2.31. The van der Waals surface area contributed by atoms with Gasteiger partial charge in [-0.25, -0.2) is 0 Å². The van der Waals surface area contributed by atoms with E-state index in [2.05, 4.69) is 5.32 Å². The SMILES string of the molecule is Cc1ccccc1C(=O)N1C(C(=O)NCc2cccc(C(F)(F)F)c2)CSC1C(C)C. The van der Waals surface area contributed by atoms with Crippen molar-refractivity contribution >= 4 is 23.6 Å². The molecular weight excluding hydrogens is 425 g/mol. The van der Waals surface area contributed by atoms with Crippen LogP contribution in [0.2, 0.25) is 0 Å². The molecular formula is C23H25F3N2O2S. The van der Waals surface area contributed by atoms with Gasteiger partial charge in [-0.15, -0.1) is 11.8 Å². The summed E-state index contributed by atoms with van der Waals surface area (Å²) >= 11 is 1.55. The van der Waals surface area contributed by atoms with Gasteiger partial charge >= 0.3 is 6.18 Å². The zero-order chi connectivity index (χ0) is 22.8.